The molecule has 0 spiro atoms. The number of carbonyl (C=O) groups excluding carboxylic acids is 2. The molecule has 0 saturated heterocycles. The molecule has 4 N–H and O–H groups in total. The number of hydrogen-bond donors (Lipinski definition) is 4. The van der Waals surface area contributed by atoms with Gasteiger partial charge in [0.1, 0.15) is 13.2 Å². The van der Waals surface area contributed by atoms with Crippen molar-refractivity contribution < 1.29 is 39.5 Å². The van der Waals surface area contributed by atoms with Crippen LogP contribution in [0.5, 0.6) is 0 Å². The third-order valence-corrected chi connectivity index (χ3v) is 1.38. The summed E-state index contributed by atoms with van der Waals surface area (Å²) in [5.74, 6) is -1.78. The largest absolute Gasteiger partial charge is 0.433 e. The molecule has 8 nitrogen and oxygen atoms in total. The van der Waals surface area contributed by atoms with Gasteiger partial charge in [-0.05, 0) is 0 Å². The van der Waals surface area contributed by atoms with Gasteiger partial charge in [0.25, 0.3) is 0 Å². The lowest BCUT2D eigenvalue weighted by Crippen LogP contribution is -2.24. The fraction of sp³-hybridized carbons (Fsp3) is 0.750. The molecule has 0 radical (unpaired) electrons. The lowest BCUT2D eigenvalue weighted by Gasteiger charge is -2.10. The Morgan fingerprint density at radius 2 is 1.19 bits per heavy atom. The highest BCUT2D eigenvalue weighted by molar-refractivity contribution is 5.77. The van der Waals surface area contributed by atoms with Crippen LogP contribution < -0.4 is 0 Å². The summed E-state index contributed by atoms with van der Waals surface area (Å²) < 4.78 is 8.46. The first-order chi connectivity index (χ1) is 7.49. The summed E-state index contributed by atoms with van der Waals surface area (Å²) in [6.07, 6.45) is -3.97. The minimum absolute atomic E-state index is 0.367. The zero-order valence-corrected chi connectivity index (χ0v) is 8.40. The van der Waals surface area contributed by atoms with Gasteiger partial charge in [-0.2, -0.15) is 0 Å². The third kappa shape index (κ3) is 7.12. The number of aliphatic hydroxyl groups excluding tert-OH is 4. The molecule has 0 aromatic rings. The summed E-state index contributed by atoms with van der Waals surface area (Å²) in [4.78, 5) is 21.7. The van der Waals surface area contributed by atoms with Gasteiger partial charge in [0, 0.05) is 0 Å². The van der Waals surface area contributed by atoms with Gasteiger partial charge in [-0.1, -0.05) is 0 Å². The van der Waals surface area contributed by atoms with Crippen LogP contribution in [0.15, 0.2) is 0 Å². The molecule has 0 bridgehead atoms. The van der Waals surface area contributed by atoms with E-state index >= 15 is 0 Å². The Bertz CT molecular complexity index is 204. The molecule has 94 valence electrons. The molecule has 0 rings (SSSR count). The van der Waals surface area contributed by atoms with E-state index in [0.29, 0.717) is 0 Å². The summed E-state index contributed by atoms with van der Waals surface area (Å²) in [5.41, 5.74) is 0. The Morgan fingerprint density at radius 1 is 0.875 bits per heavy atom. The van der Waals surface area contributed by atoms with E-state index in [0.717, 1.165) is 0 Å². The molecule has 0 amide bonds. The van der Waals surface area contributed by atoms with E-state index in [1.807, 2.05) is 0 Å². The molecular weight excluding hydrogens is 224 g/mol. The molecule has 0 saturated carbocycles. The highest BCUT2D eigenvalue weighted by Gasteiger charge is 2.14. The molecule has 0 heterocycles. The molecule has 0 aromatic carbocycles. The van der Waals surface area contributed by atoms with Crippen molar-refractivity contribution in [1.29, 1.82) is 0 Å². The molecular formula is C8H14O8. The van der Waals surface area contributed by atoms with Crippen LogP contribution in [0.1, 0.15) is 12.8 Å². The smallest absolute Gasteiger partial charge is 0.308 e. The maximum Gasteiger partial charge on any atom is 0.308 e. The summed E-state index contributed by atoms with van der Waals surface area (Å²) >= 11 is 0. The van der Waals surface area contributed by atoms with Crippen molar-refractivity contribution in [2.45, 2.75) is 25.4 Å². The first-order valence-corrected chi connectivity index (χ1v) is 4.46. The van der Waals surface area contributed by atoms with Crippen LogP contribution in [0.3, 0.4) is 0 Å². The third-order valence-electron chi connectivity index (χ3n) is 1.38. The molecule has 2 atom stereocenters. The van der Waals surface area contributed by atoms with Crippen molar-refractivity contribution in [1.82, 2.24) is 0 Å². The number of rotatable bonds is 7. The lowest BCUT2D eigenvalue weighted by molar-refractivity contribution is -0.180. The van der Waals surface area contributed by atoms with Gasteiger partial charge >= 0.3 is 11.9 Å². The summed E-state index contributed by atoms with van der Waals surface area (Å²) in [6.45, 7) is -1.47. The van der Waals surface area contributed by atoms with Crippen LogP contribution in [0.25, 0.3) is 0 Å². The Labute approximate surface area is 91.0 Å². The standard InChI is InChI=1S/C8H14O8/c9-3-7(13)15-5(11)1-2-6(12)16-8(14)4-10/h7-10,13-14H,1-4H2. The molecule has 0 aliphatic rings. The van der Waals surface area contributed by atoms with Gasteiger partial charge in [-0.25, -0.2) is 0 Å². The van der Waals surface area contributed by atoms with E-state index in [1.165, 1.54) is 0 Å². The number of esters is 2. The van der Waals surface area contributed by atoms with Crippen LogP contribution in [0.2, 0.25) is 0 Å². The van der Waals surface area contributed by atoms with Gasteiger partial charge in [0.2, 0.25) is 12.6 Å². The van der Waals surface area contributed by atoms with Crippen molar-refractivity contribution in [3.8, 4) is 0 Å². The minimum Gasteiger partial charge on any atom is -0.433 e. The van der Waals surface area contributed by atoms with Gasteiger partial charge in [0.05, 0.1) is 12.8 Å². The maximum absolute atomic E-state index is 10.9. The predicted octanol–water partition coefficient (Wildman–Crippen LogP) is -2.53. The number of carbonyl (C=O) groups is 2. The average Bonchev–Trinajstić information content (AvgIpc) is 2.26. The molecule has 0 aliphatic heterocycles. The lowest BCUT2D eigenvalue weighted by atomic mass is 10.3. The number of hydrogen-bond acceptors (Lipinski definition) is 8. The van der Waals surface area contributed by atoms with Crippen LogP contribution >= 0.6 is 0 Å². The van der Waals surface area contributed by atoms with Gasteiger partial charge in [-0.15, -0.1) is 0 Å². The van der Waals surface area contributed by atoms with Crippen molar-refractivity contribution in [3.05, 3.63) is 0 Å². The zero-order chi connectivity index (χ0) is 12.6. The Hall–Kier alpha value is -1.22. The minimum atomic E-state index is -1.62. The van der Waals surface area contributed by atoms with Crippen LogP contribution in [-0.2, 0) is 19.1 Å². The number of ether oxygens (including phenoxy) is 2. The van der Waals surface area contributed by atoms with E-state index < -0.39 is 37.7 Å². The van der Waals surface area contributed by atoms with Crippen molar-refractivity contribution in [3.63, 3.8) is 0 Å². The molecule has 0 aromatic heterocycles. The topological polar surface area (TPSA) is 134 Å². The van der Waals surface area contributed by atoms with Crippen molar-refractivity contribution >= 4 is 11.9 Å². The van der Waals surface area contributed by atoms with Crippen LogP contribution in [-0.4, -0.2) is 58.2 Å². The summed E-state index contributed by atoms with van der Waals surface area (Å²) in [5, 5.41) is 34.1. The van der Waals surface area contributed by atoms with Crippen molar-refractivity contribution in [2.75, 3.05) is 13.2 Å². The van der Waals surface area contributed by atoms with Gasteiger partial charge in [0.15, 0.2) is 0 Å². The highest BCUT2D eigenvalue weighted by atomic mass is 16.6. The van der Waals surface area contributed by atoms with E-state index in [2.05, 4.69) is 9.47 Å². The van der Waals surface area contributed by atoms with E-state index in [9.17, 15) is 9.59 Å². The molecule has 16 heavy (non-hydrogen) atoms. The Morgan fingerprint density at radius 3 is 1.44 bits per heavy atom. The maximum atomic E-state index is 10.9. The predicted molar refractivity (Wildman–Crippen MR) is 47.6 cm³/mol. The highest BCUT2D eigenvalue weighted by Crippen LogP contribution is 1.99. The quantitative estimate of drug-likeness (QED) is 0.282. The monoisotopic (exact) mass is 238 g/mol. The zero-order valence-electron chi connectivity index (χ0n) is 8.40. The molecule has 0 aliphatic carbocycles. The Kier molecular flexibility index (Phi) is 7.38. The second kappa shape index (κ2) is 7.99. The van der Waals surface area contributed by atoms with E-state index in [4.69, 9.17) is 20.4 Å². The van der Waals surface area contributed by atoms with E-state index in [-0.39, 0.29) is 12.8 Å². The van der Waals surface area contributed by atoms with Gasteiger partial charge in [-0.3, -0.25) is 9.59 Å². The normalized spacial score (nSPS) is 14.0. The SMILES string of the molecule is O=C(CCC(=O)OC(O)CO)OC(O)CO. The fourth-order valence-corrected chi connectivity index (χ4v) is 0.700. The second-order valence-electron chi connectivity index (χ2n) is 2.75. The Balaban J connectivity index is 3.71. The average molecular weight is 238 g/mol. The molecule has 8 heteroatoms. The van der Waals surface area contributed by atoms with Crippen molar-refractivity contribution in [2.24, 2.45) is 0 Å². The van der Waals surface area contributed by atoms with Crippen LogP contribution in [0.4, 0.5) is 0 Å². The molecule has 0 fully saturated rings. The summed E-state index contributed by atoms with van der Waals surface area (Å²) in [6, 6.07) is 0. The van der Waals surface area contributed by atoms with Gasteiger partial charge < -0.3 is 29.9 Å². The van der Waals surface area contributed by atoms with Crippen LogP contribution in [0, 0.1) is 0 Å². The first kappa shape index (κ1) is 14.8. The first-order valence-electron chi connectivity index (χ1n) is 4.46. The fourth-order valence-electron chi connectivity index (χ4n) is 0.700. The summed E-state index contributed by atoms with van der Waals surface area (Å²) in [7, 11) is 0. The number of aliphatic hydroxyl groups is 4. The second-order valence-corrected chi connectivity index (χ2v) is 2.75. The van der Waals surface area contributed by atoms with E-state index in [1.54, 1.807) is 0 Å². The molecule has 2 unspecified atom stereocenters.